The van der Waals surface area contributed by atoms with Gasteiger partial charge in [-0.2, -0.15) is 0 Å². The lowest BCUT2D eigenvalue weighted by molar-refractivity contribution is -0.121. The van der Waals surface area contributed by atoms with Gasteiger partial charge in [0.1, 0.15) is 0 Å². The number of benzene rings is 1. The lowest BCUT2D eigenvalue weighted by Crippen LogP contribution is -2.25. The van der Waals surface area contributed by atoms with E-state index in [1.807, 2.05) is 18.2 Å². The molecule has 1 aromatic carbocycles. The van der Waals surface area contributed by atoms with Crippen LogP contribution in [0.1, 0.15) is 30.5 Å². The van der Waals surface area contributed by atoms with E-state index in [2.05, 4.69) is 50.5 Å². The van der Waals surface area contributed by atoms with Crippen molar-refractivity contribution in [2.45, 2.75) is 32.1 Å². The third kappa shape index (κ3) is 6.39. The van der Waals surface area contributed by atoms with E-state index in [1.165, 1.54) is 5.56 Å². The molecule has 1 amide bonds. The highest BCUT2D eigenvalue weighted by molar-refractivity contribution is 9.10. The van der Waals surface area contributed by atoms with Gasteiger partial charge in [-0.3, -0.25) is 9.78 Å². The van der Waals surface area contributed by atoms with Gasteiger partial charge in [0.2, 0.25) is 5.91 Å². The summed E-state index contributed by atoms with van der Waals surface area (Å²) in [5, 5.41) is 2.95. The highest BCUT2D eigenvalue weighted by Gasteiger charge is 2.02. The Balaban J connectivity index is 1.55. The van der Waals surface area contributed by atoms with Gasteiger partial charge < -0.3 is 5.32 Å². The number of hydrogen-bond donors (Lipinski definition) is 1. The molecule has 0 unspecified atom stereocenters. The topological polar surface area (TPSA) is 42.0 Å². The summed E-state index contributed by atoms with van der Waals surface area (Å²) < 4.78 is 1.10. The van der Waals surface area contributed by atoms with Crippen LogP contribution in [0.15, 0.2) is 53.1 Å². The maximum Gasteiger partial charge on any atom is 0.220 e. The molecule has 2 rings (SSSR count). The van der Waals surface area contributed by atoms with Crippen LogP contribution >= 0.6 is 15.9 Å². The summed E-state index contributed by atoms with van der Waals surface area (Å²) in [7, 11) is 0. The van der Waals surface area contributed by atoms with Crippen molar-refractivity contribution in [3.8, 4) is 0 Å². The first-order valence-electron chi connectivity index (χ1n) is 7.65. The Morgan fingerprint density at radius 2 is 1.86 bits per heavy atom. The fraction of sp³-hybridized carbons (Fsp3) is 0.333. The maximum atomic E-state index is 11.8. The molecule has 1 N–H and O–H groups in total. The van der Waals surface area contributed by atoms with Crippen LogP contribution in [0.5, 0.6) is 0 Å². The van der Waals surface area contributed by atoms with Crippen LogP contribution in [-0.4, -0.2) is 17.4 Å². The smallest absolute Gasteiger partial charge is 0.220 e. The van der Waals surface area contributed by atoms with E-state index in [0.29, 0.717) is 13.0 Å². The largest absolute Gasteiger partial charge is 0.356 e. The van der Waals surface area contributed by atoms with Gasteiger partial charge in [0.15, 0.2) is 0 Å². The second kappa shape index (κ2) is 9.36. The molecule has 0 radical (unpaired) electrons. The molecule has 116 valence electrons. The predicted molar refractivity (Wildman–Crippen MR) is 92.6 cm³/mol. The van der Waals surface area contributed by atoms with E-state index in [-0.39, 0.29) is 5.91 Å². The molecule has 2 aromatic rings. The first kappa shape index (κ1) is 16.7. The number of rotatable bonds is 8. The molecule has 0 fully saturated rings. The van der Waals surface area contributed by atoms with Crippen LogP contribution in [0.25, 0.3) is 0 Å². The highest BCUT2D eigenvalue weighted by Crippen LogP contribution is 2.12. The first-order valence-corrected chi connectivity index (χ1v) is 8.44. The summed E-state index contributed by atoms with van der Waals surface area (Å²) in [4.78, 5) is 16.0. The van der Waals surface area contributed by atoms with Crippen LogP contribution in [0.3, 0.4) is 0 Å². The van der Waals surface area contributed by atoms with Gasteiger partial charge in [0, 0.05) is 35.7 Å². The molecule has 0 aliphatic heterocycles. The monoisotopic (exact) mass is 360 g/mol. The van der Waals surface area contributed by atoms with Crippen LogP contribution in [-0.2, 0) is 17.6 Å². The number of amides is 1. The number of carbonyl (C=O) groups excluding carboxylic acids is 1. The Bertz CT molecular complexity index is 569. The van der Waals surface area contributed by atoms with E-state index in [9.17, 15) is 4.79 Å². The number of nitrogens with one attached hydrogen (secondary N) is 1. The van der Waals surface area contributed by atoms with Gasteiger partial charge in [-0.05, 0) is 49.1 Å². The molecule has 0 saturated carbocycles. The van der Waals surface area contributed by atoms with Gasteiger partial charge in [-0.25, -0.2) is 0 Å². The number of pyridine rings is 1. The molecule has 0 bridgehead atoms. The lowest BCUT2D eigenvalue weighted by Gasteiger charge is -2.05. The molecule has 0 atom stereocenters. The third-order valence-electron chi connectivity index (χ3n) is 3.46. The Morgan fingerprint density at radius 3 is 2.59 bits per heavy atom. The Labute approximate surface area is 140 Å². The number of unbranched alkanes of at least 4 members (excludes halogenated alkanes) is 1. The van der Waals surface area contributed by atoms with Crippen molar-refractivity contribution in [1.29, 1.82) is 0 Å². The zero-order chi connectivity index (χ0) is 15.6. The van der Waals surface area contributed by atoms with Gasteiger partial charge in [-0.15, -0.1) is 0 Å². The molecular weight excluding hydrogens is 340 g/mol. The summed E-state index contributed by atoms with van der Waals surface area (Å²) in [5.41, 5.74) is 2.33. The Kier molecular flexibility index (Phi) is 7.10. The average molecular weight is 361 g/mol. The first-order chi connectivity index (χ1) is 10.7. The molecule has 1 heterocycles. The molecule has 0 spiro atoms. The zero-order valence-corrected chi connectivity index (χ0v) is 14.2. The van der Waals surface area contributed by atoms with Crippen LogP contribution in [0.4, 0.5) is 0 Å². The van der Waals surface area contributed by atoms with Gasteiger partial charge in [-0.1, -0.05) is 34.1 Å². The fourth-order valence-electron chi connectivity index (χ4n) is 2.23. The molecule has 4 heteroatoms. The van der Waals surface area contributed by atoms with E-state index in [4.69, 9.17) is 0 Å². The van der Waals surface area contributed by atoms with Crippen LogP contribution < -0.4 is 5.32 Å². The molecule has 22 heavy (non-hydrogen) atoms. The van der Waals surface area contributed by atoms with Crippen molar-refractivity contribution in [2.24, 2.45) is 0 Å². The Morgan fingerprint density at radius 1 is 1.05 bits per heavy atom. The normalized spacial score (nSPS) is 10.4. The number of aryl methyl sites for hydroxylation is 1. The SMILES string of the molecule is O=C(CCCCc1ccc(Br)cc1)NCCc1ccccn1. The standard InChI is InChI=1S/C18H21BrN2O/c19-16-10-8-15(9-11-16)5-1-2-7-18(22)21-14-12-17-6-3-4-13-20-17/h3-4,6,8-11,13H,1-2,5,7,12,14H2,(H,21,22). The number of aromatic nitrogens is 1. The van der Waals surface area contributed by atoms with Gasteiger partial charge in [0.05, 0.1) is 0 Å². The van der Waals surface area contributed by atoms with Crippen molar-refractivity contribution in [3.63, 3.8) is 0 Å². The summed E-state index contributed by atoms with van der Waals surface area (Å²) in [5.74, 6) is 0.131. The molecule has 3 nitrogen and oxygen atoms in total. The van der Waals surface area contributed by atoms with Crippen molar-refractivity contribution >= 4 is 21.8 Å². The van der Waals surface area contributed by atoms with Crippen LogP contribution in [0.2, 0.25) is 0 Å². The van der Waals surface area contributed by atoms with Gasteiger partial charge in [0.25, 0.3) is 0 Å². The minimum Gasteiger partial charge on any atom is -0.356 e. The highest BCUT2D eigenvalue weighted by atomic mass is 79.9. The molecule has 0 saturated heterocycles. The lowest BCUT2D eigenvalue weighted by atomic mass is 10.1. The van der Waals surface area contributed by atoms with Crippen molar-refractivity contribution in [1.82, 2.24) is 10.3 Å². The summed E-state index contributed by atoms with van der Waals surface area (Å²) in [6.07, 6.45) is 6.14. The minimum atomic E-state index is 0.131. The second-order valence-electron chi connectivity index (χ2n) is 5.25. The molecular formula is C18H21BrN2O. The minimum absolute atomic E-state index is 0.131. The fourth-order valence-corrected chi connectivity index (χ4v) is 2.49. The predicted octanol–water partition coefficient (Wildman–Crippen LogP) is 3.92. The summed E-state index contributed by atoms with van der Waals surface area (Å²) in [6, 6.07) is 14.2. The number of carbonyl (C=O) groups is 1. The Hall–Kier alpha value is -1.68. The number of hydrogen-bond acceptors (Lipinski definition) is 2. The number of nitrogens with zero attached hydrogens (tertiary/aromatic N) is 1. The quantitative estimate of drug-likeness (QED) is 0.725. The maximum absolute atomic E-state index is 11.8. The van der Waals surface area contributed by atoms with Crippen molar-refractivity contribution in [2.75, 3.05) is 6.54 Å². The van der Waals surface area contributed by atoms with E-state index in [0.717, 1.165) is 35.8 Å². The van der Waals surface area contributed by atoms with E-state index in [1.54, 1.807) is 6.20 Å². The second-order valence-corrected chi connectivity index (χ2v) is 6.17. The molecule has 0 aliphatic rings. The van der Waals surface area contributed by atoms with Crippen molar-refractivity contribution < 1.29 is 4.79 Å². The average Bonchev–Trinajstić information content (AvgIpc) is 2.54. The summed E-state index contributed by atoms with van der Waals surface area (Å²) in [6.45, 7) is 0.655. The molecule has 1 aromatic heterocycles. The third-order valence-corrected chi connectivity index (χ3v) is 3.99. The van der Waals surface area contributed by atoms with Gasteiger partial charge >= 0.3 is 0 Å². The van der Waals surface area contributed by atoms with Crippen molar-refractivity contribution in [3.05, 3.63) is 64.4 Å². The van der Waals surface area contributed by atoms with E-state index >= 15 is 0 Å². The van der Waals surface area contributed by atoms with E-state index < -0.39 is 0 Å². The zero-order valence-electron chi connectivity index (χ0n) is 12.6. The molecule has 0 aliphatic carbocycles. The van der Waals surface area contributed by atoms with Crippen LogP contribution in [0, 0.1) is 0 Å². The summed E-state index contributed by atoms with van der Waals surface area (Å²) >= 11 is 3.43. The number of halogens is 1.